The van der Waals surface area contributed by atoms with Crippen LogP contribution in [-0.4, -0.2) is 57.5 Å². The predicted octanol–water partition coefficient (Wildman–Crippen LogP) is 1.68. The van der Waals surface area contributed by atoms with Crippen molar-refractivity contribution in [1.29, 1.82) is 0 Å². The number of esters is 1. The molecular formula is C17H28N4O4S2. The highest BCUT2D eigenvalue weighted by Crippen LogP contribution is 2.46. The Balaban J connectivity index is 1.96. The van der Waals surface area contributed by atoms with Gasteiger partial charge in [-0.25, -0.2) is 18.2 Å². The molecule has 0 amide bonds. The van der Waals surface area contributed by atoms with Crippen molar-refractivity contribution in [3.05, 3.63) is 15.6 Å². The molecule has 2 rings (SSSR count). The molecule has 1 saturated carbocycles. The van der Waals surface area contributed by atoms with Crippen LogP contribution in [-0.2, 0) is 14.6 Å². The number of rotatable bonds is 8. The van der Waals surface area contributed by atoms with E-state index in [9.17, 15) is 13.2 Å². The number of carbonyl (C=O) groups excluding carboxylic acids is 1. The Labute approximate surface area is 164 Å². The minimum absolute atomic E-state index is 0.159. The van der Waals surface area contributed by atoms with Crippen LogP contribution >= 0.6 is 11.3 Å². The molecule has 2 N–H and O–H groups in total. The second kappa shape index (κ2) is 8.55. The number of ether oxygens (including phenoxy) is 1. The molecule has 1 atom stereocenters. The number of carbonyl (C=O) groups is 1. The quantitative estimate of drug-likeness (QED) is 0.377. The first-order valence-corrected chi connectivity index (χ1v) is 11.8. The van der Waals surface area contributed by atoms with Gasteiger partial charge in [-0.05, 0) is 33.6 Å². The lowest BCUT2D eigenvalue weighted by Gasteiger charge is -2.20. The third-order valence-corrected chi connectivity index (χ3v) is 6.83. The fourth-order valence-corrected chi connectivity index (χ4v) is 5.29. The summed E-state index contributed by atoms with van der Waals surface area (Å²) in [7, 11) is -1.35. The van der Waals surface area contributed by atoms with Crippen molar-refractivity contribution in [2.24, 2.45) is 10.4 Å². The summed E-state index contributed by atoms with van der Waals surface area (Å²) in [6, 6.07) is -0.159. The summed E-state index contributed by atoms with van der Waals surface area (Å²) in [5.74, 6) is 0.409. The Bertz CT molecular complexity index is 813. The summed E-state index contributed by atoms with van der Waals surface area (Å²) in [5.41, 5.74) is 0.457. The largest absolute Gasteiger partial charge is 0.462 e. The molecule has 152 valence electrons. The minimum Gasteiger partial charge on any atom is -0.462 e. The van der Waals surface area contributed by atoms with Gasteiger partial charge in [0, 0.05) is 25.3 Å². The third kappa shape index (κ3) is 6.17. The van der Waals surface area contributed by atoms with Crippen LogP contribution in [0.2, 0.25) is 0 Å². The molecule has 0 saturated heterocycles. The second-order valence-electron chi connectivity index (χ2n) is 7.05. The lowest BCUT2D eigenvalue weighted by molar-refractivity contribution is 0.0531. The fourth-order valence-electron chi connectivity index (χ4n) is 2.83. The normalized spacial score (nSPS) is 17.3. The van der Waals surface area contributed by atoms with E-state index in [0.29, 0.717) is 29.7 Å². The molecule has 1 fully saturated rings. The maximum atomic E-state index is 12.0. The Hall–Kier alpha value is -1.68. The maximum absolute atomic E-state index is 12.0. The van der Waals surface area contributed by atoms with E-state index in [1.165, 1.54) is 17.6 Å². The van der Waals surface area contributed by atoms with Crippen LogP contribution in [0.5, 0.6) is 0 Å². The molecule has 8 nitrogen and oxygen atoms in total. The molecule has 1 unspecified atom stereocenters. The minimum atomic E-state index is -3.01. The van der Waals surface area contributed by atoms with Crippen LogP contribution < -0.4 is 10.6 Å². The van der Waals surface area contributed by atoms with Gasteiger partial charge in [0.25, 0.3) is 0 Å². The van der Waals surface area contributed by atoms with Crippen molar-refractivity contribution in [3.8, 4) is 0 Å². The first-order chi connectivity index (χ1) is 12.6. The van der Waals surface area contributed by atoms with Crippen molar-refractivity contribution in [2.45, 2.75) is 39.7 Å². The van der Waals surface area contributed by atoms with Crippen LogP contribution in [0.15, 0.2) is 4.99 Å². The molecule has 0 spiro atoms. The van der Waals surface area contributed by atoms with Gasteiger partial charge in [-0.3, -0.25) is 4.99 Å². The smallest absolute Gasteiger partial charge is 0.350 e. The first kappa shape index (κ1) is 21.6. The molecule has 0 aromatic carbocycles. The Kier molecular flexibility index (Phi) is 6.85. The number of sulfone groups is 1. The average Bonchev–Trinajstić information content (AvgIpc) is 3.20. The molecule has 1 aromatic heterocycles. The zero-order valence-electron chi connectivity index (χ0n) is 16.5. The molecule has 1 aromatic rings. The van der Waals surface area contributed by atoms with E-state index in [1.54, 1.807) is 20.9 Å². The summed E-state index contributed by atoms with van der Waals surface area (Å²) in [5, 5.41) is 7.22. The molecule has 1 aliphatic rings. The van der Waals surface area contributed by atoms with Gasteiger partial charge < -0.3 is 15.4 Å². The number of nitrogens with zero attached hydrogens (tertiary/aromatic N) is 2. The monoisotopic (exact) mass is 416 g/mol. The van der Waals surface area contributed by atoms with Crippen molar-refractivity contribution < 1.29 is 17.9 Å². The van der Waals surface area contributed by atoms with Crippen LogP contribution in [0.3, 0.4) is 0 Å². The fraction of sp³-hybridized carbons (Fsp3) is 0.706. The van der Waals surface area contributed by atoms with Crippen molar-refractivity contribution in [2.75, 3.05) is 32.2 Å². The Morgan fingerprint density at radius 1 is 1.44 bits per heavy atom. The Morgan fingerprint density at radius 2 is 2.11 bits per heavy atom. The van der Waals surface area contributed by atoms with Crippen LogP contribution in [0.4, 0.5) is 0 Å². The number of aromatic nitrogens is 1. The Morgan fingerprint density at radius 3 is 2.63 bits per heavy atom. The number of hydrogen-bond acceptors (Lipinski definition) is 7. The zero-order valence-corrected chi connectivity index (χ0v) is 18.1. The van der Waals surface area contributed by atoms with Crippen molar-refractivity contribution in [1.82, 2.24) is 15.6 Å². The topological polar surface area (TPSA) is 110 Å². The lowest BCUT2D eigenvalue weighted by atomic mass is 10.1. The summed E-state index contributed by atoms with van der Waals surface area (Å²) in [6.45, 7) is 6.37. The number of hydrogen-bond donors (Lipinski definition) is 2. The van der Waals surface area contributed by atoms with Crippen LogP contribution in [0.1, 0.15) is 53.1 Å². The maximum Gasteiger partial charge on any atom is 0.350 e. The summed E-state index contributed by atoms with van der Waals surface area (Å²) < 4.78 is 28.2. The van der Waals surface area contributed by atoms with E-state index in [0.717, 1.165) is 17.8 Å². The van der Waals surface area contributed by atoms with Gasteiger partial charge >= 0.3 is 5.97 Å². The molecule has 1 aliphatic carbocycles. The number of aliphatic imine (C=N–C) groups is 1. The molecular weight excluding hydrogens is 388 g/mol. The van der Waals surface area contributed by atoms with Crippen LogP contribution in [0, 0.1) is 12.3 Å². The van der Waals surface area contributed by atoms with Gasteiger partial charge in [-0.15, -0.1) is 11.3 Å². The first-order valence-electron chi connectivity index (χ1n) is 8.88. The number of guanidine groups is 1. The molecule has 10 heteroatoms. The van der Waals surface area contributed by atoms with E-state index in [4.69, 9.17) is 4.74 Å². The summed E-state index contributed by atoms with van der Waals surface area (Å²) in [6.07, 6.45) is 3.07. The van der Waals surface area contributed by atoms with Crippen LogP contribution in [0.25, 0.3) is 0 Å². The van der Waals surface area contributed by atoms with Gasteiger partial charge in [0.2, 0.25) is 0 Å². The number of aryl methyl sites for hydroxylation is 1. The van der Waals surface area contributed by atoms with E-state index in [-0.39, 0.29) is 23.2 Å². The SMILES string of the molecule is CCOC(=O)c1sc(C(C)NC(=NC)NCC2(CS(C)(=O)=O)CC2)nc1C. The average molecular weight is 417 g/mol. The lowest BCUT2D eigenvalue weighted by Crippen LogP contribution is -2.42. The van der Waals surface area contributed by atoms with Gasteiger partial charge in [-0.2, -0.15) is 0 Å². The zero-order chi connectivity index (χ0) is 20.2. The van der Waals surface area contributed by atoms with E-state index in [2.05, 4.69) is 20.6 Å². The number of thiazole rings is 1. The number of nitrogens with one attached hydrogen (secondary N) is 2. The third-order valence-electron chi connectivity index (χ3n) is 4.38. The predicted molar refractivity (Wildman–Crippen MR) is 107 cm³/mol. The van der Waals surface area contributed by atoms with Crippen molar-refractivity contribution >= 4 is 33.1 Å². The van der Waals surface area contributed by atoms with Gasteiger partial charge in [0.15, 0.2) is 5.96 Å². The molecule has 0 radical (unpaired) electrons. The second-order valence-corrected chi connectivity index (χ2v) is 10.2. The van der Waals surface area contributed by atoms with Gasteiger partial charge in [0.1, 0.15) is 19.7 Å². The van der Waals surface area contributed by atoms with Gasteiger partial charge in [-0.1, -0.05) is 0 Å². The molecule has 0 bridgehead atoms. The molecule has 27 heavy (non-hydrogen) atoms. The molecule has 1 heterocycles. The molecule has 0 aliphatic heterocycles. The van der Waals surface area contributed by atoms with E-state index < -0.39 is 9.84 Å². The highest BCUT2D eigenvalue weighted by molar-refractivity contribution is 7.90. The summed E-state index contributed by atoms with van der Waals surface area (Å²) >= 11 is 1.30. The van der Waals surface area contributed by atoms with Gasteiger partial charge in [0.05, 0.1) is 24.1 Å². The van der Waals surface area contributed by atoms with Crippen molar-refractivity contribution in [3.63, 3.8) is 0 Å². The summed E-state index contributed by atoms with van der Waals surface area (Å²) in [4.78, 5) is 21.1. The highest BCUT2D eigenvalue weighted by Gasteiger charge is 2.45. The highest BCUT2D eigenvalue weighted by atomic mass is 32.2. The standard InChI is InChI=1S/C17H28N4O4S2/c1-6-25-15(22)13-11(2)20-14(26-13)12(3)21-16(18-4)19-9-17(7-8-17)10-27(5,23)24/h12H,6-10H2,1-5H3,(H2,18,19,21). The van der Waals surface area contributed by atoms with E-state index in [1.807, 2.05) is 6.92 Å². The van der Waals surface area contributed by atoms with E-state index >= 15 is 0 Å².